The first-order chi connectivity index (χ1) is 4.74. The molecule has 1 amide bonds. The fraction of sp³-hybridized carbons (Fsp3) is 0.167. The van der Waals surface area contributed by atoms with Crippen molar-refractivity contribution in [2.75, 3.05) is 7.05 Å². The van der Waals surface area contributed by atoms with Gasteiger partial charge in [-0.05, 0) is 22.0 Å². The summed E-state index contributed by atoms with van der Waals surface area (Å²) in [4.78, 5) is 10.9. The third-order valence-electron chi connectivity index (χ3n) is 1.06. The van der Waals surface area contributed by atoms with Gasteiger partial charge in [0.05, 0.1) is 9.35 Å². The minimum atomic E-state index is -0.0399. The van der Waals surface area contributed by atoms with Gasteiger partial charge in [-0.1, -0.05) is 0 Å². The number of hydrogen-bond acceptors (Lipinski definition) is 2. The second-order valence-corrected chi connectivity index (χ2v) is 4.01. The molecule has 0 aliphatic heterocycles. The van der Waals surface area contributed by atoms with Crippen molar-refractivity contribution in [3.05, 3.63) is 20.8 Å². The summed E-state index contributed by atoms with van der Waals surface area (Å²) >= 11 is 4.77. The van der Waals surface area contributed by atoms with Crippen LogP contribution < -0.4 is 5.32 Å². The zero-order valence-corrected chi connectivity index (χ0v) is 7.75. The van der Waals surface area contributed by atoms with Crippen molar-refractivity contribution in [3.63, 3.8) is 0 Å². The van der Waals surface area contributed by atoms with Gasteiger partial charge in [-0.25, -0.2) is 0 Å². The molecule has 1 rings (SSSR count). The third kappa shape index (κ3) is 1.58. The second kappa shape index (κ2) is 3.16. The van der Waals surface area contributed by atoms with Gasteiger partial charge >= 0.3 is 0 Å². The molecule has 0 bridgehead atoms. The molecule has 10 heavy (non-hydrogen) atoms. The number of carbonyl (C=O) groups excluding carboxylic acids is 1. The van der Waals surface area contributed by atoms with Crippen LogP contribution in [0.15, 0.2) is 15.2 Å². The number of nitrogens with one attached hydrogen (secondary N) is 1. The molecule has 54 valence electrons. The minimum absolute atomic E-state index is 0.0399. The summed E-state index contributed by atoms with van der Waals surface area (Å²) in [5.41, 5.74) is 0.708. The monoisotopic (exact) mass is 219 g/mol. The van der Waals surface area contributed by atoms with Gasteiger partial charge in [-0.3, -0.25) is 4.79 Å². The van der Waals surface area contributed by atoms with Gasteiger partial charge in [0.25, 0.3) is 5.91 Å². The first-order valence-corrected chi connectivity index (χ1v) is 4.37. The van der Waals surface area contributed by atoms with E-state index in [1.54, 1.807) is 13.1 Å². The van der Waals surface area contributed by atoms with Gasteiger partial charge in [-0.15, -0.1) is 11.3 Å². The lowest BCUT2D eigenvalue weighted by Crippen LogP contribution is -2.16. The second-order valence-electron chi connectivity index (χ2n) is 1.72. The average molecular weight is 220 g/mol. The number of amides is 1. The number of hydrogen-bond donors (Lipinski definition) is 1. The van der Waals surface area contributed by atoms with Gasteiger partial charge < -0.3 is 5.32 Å². The van der Waals surface area contributed by atoms with Crippen LogP contribution >= 0.6 is 27.3 Å². The average Bonchev–Trinajstić information content (AvgIpc) is 2.34. The largest absolute Gasteiger partial charge is 0.355 e. The maximum absolute atomic E-state index is 10.9. The highest BCUT2D eigenvalue weighted by Gasteiger charge is 2.03. The Kier molecular flexibility index (Phi) is 2.45. The minimum Gasteiger partial charge on any atom is -0.355 e. The number of thiophene rings is 1. The molecule has 0 saturated carbocycles. The first-order valence-electron chi connectivity index (χ1n) is 2.70. The molecule has 1 aromatic heterocycles. The SMILES string of the molecule is CNC(=O)c1csc(Br)c1. The van der Waals surface area contributed by atoms with Crippen molar-refractivity contribution < 1.29 is 4.79 Å². The van der Waals surface area contributed by atoms with Crippen LogP contribution in [0.2, 0.25) is 0 Å². The predicted molar refractivity (Wildman–Crippen MR) is 45.4 cm³/mol. The van der Waals surface area contributed by atoms with Gasteiger partial charge in [-0.2, -0.15) is 0 Å². The highest BCUT2D eigenvalue weighted by atomic mass is 79.9. The zero-order valence-electron chi connectivity index (χ0n) is 5.35. The van der Waals surface area contributed by atoms with E-state index in [0.717, 1.165) is 3.79 Å². The number of rotatable bonds is 1. The normalized spacial score (nSPS) is 9.40. The fourth-order valence-corrected chi connectivity index (χ4v) is 1.71. The molecule has 2 nitrogen and oxygen atoms in total. The summed E-state index contributed by atoms with van der Waals surface area (Å²) in [7, 11) is 1.62. The smallest absolute Gasteiger partial charge is 0.251 e. The van der Waals surface area contributed by atoms with E-state index < -0.39 is 0 Å². The van der Waals surface area contributed by atoms with Gasteiger partial charge in [0.1, 0.15) is 0 Å². The molecule has 0 atom stereocenters. The van der Waals surface area contributed by atoms with Crippen LogP contribution in [0, 0.1) is 0 Å². The zero-order chi connectivity index (χ0) is 7.56. The fourth-order valence-electron chi connectivity index (χ4n) is 0.573. The Labute approximate surface area is 71.4 Å². The Morgan fingerprint density at radius 1 is 1.80 bits per heavy atom. The summed E-state index contributed by atoms with van der Waals surface area (Å²) in [5.74, 6) is -0.0399. The lowest BCUT2D eigenvalue weighted by molar-refractivity contribution is 0.0963. The van der Waals surface area contributed by atoms with Gasteiger partial charge in [0.2, 0.25) is 0 Å². The van der Waals surface area contributed by atoms with Crippen molar-refractivity contribution in [2.24, 2.45) is 0 Å². The quantitative estimate of drug-likeness (QED) is 0.769. The maximum Gasteiger partial charge on any atom is 0.251 e. The Morgan fingerprint density at radius 3 is 2.90 bits per heavy atom. The van der Waals surface area contributed by atoms with E-state index in [4.69, 9.17) is 0 Å². The molecule has 1 N–H and O–H groups in total. The van der Waals surface area contributed by atoms with Crippen LogP contribution in [0.3, 0.4) is 0 Å². The van der Waals surface area contributed by atoms with Crippen LogP contribution in [0.1, 0.15) is 10.4 Å². The summed E-state index contributed by atoms with van der Waals surface area (Å²) in [5, 5.41) is 4.35. The first kappa shape index (κ1) is 7.75. The summed E-state index contributed by atoms with van der Waals surface area (Å²) < 4.78 is 0.978. The highest BCUT2D eigenvalue weighted by Crippen LogP contribution is 2.20. The summed E-state index contributed by atoms with van der Waals surface area (Å²) in [6, 6.07) is 1.80. The highest BCUT2D eigenvalue weighted by molar-refractivity contribution is 9.11. The van der Waals surface area contributed by atoms with Crippen LogP contribution in [0.4, 0.5) is 0 Å². The molecule has 0 fully saturated rings. The number of halogens is 1. The van der Waals surface area contributed by atoms with Crippen molar-refractivity contribution in [2.45, 2.75) is 0 Å². The Balaban J connectivity index is 2.85. The molecule has 0 unspecified atom stereocenters. The molecule has 1 heterocycles. The van der Waals surface area contributed by atoms with Crippen LogP contribution in [-0.2, 0) is 0 Å². The van der Waals surface area contributed by atoms with Gasteiger partial charge in [0.15, 0.2) is 0 Å². The molecule has 1 aromatic rings. The molecule has 0 radical (unpaired) electrons. The van der Waals surface area contributed by atoms with E-state index in [2.05, 4.69) is 21.2 Å². The summed E-state index contributed by atoms with van der Waals surface area (Å²) in [6.07, 6.45) is 0. The Hall–Kier alpha value is -0.350. The van der Waals surface area contributed by atoms with E-state index in [1.165, 1.54) is 11.3 Å². The molecule has 0 aliphatic rings. The molecular formula is C6H6BrNOS. The topological polar surface area (TPSA) is 29.1 Å². The molecule has 0 saturated heterocycles. The van der Waals surface area contributed by atoms with Crippen molar-refractivity contribution in [1.82, 2.24) is 5.32 Å². The van der Waals surface area contributed by atoms with Crippen molar-refractivity contribution in [3.8, 4) is 0 Å². The van der Waals surface area contributed by atoms with Gasteiger partial charge in [0, 0.05) is 12.4 Å². The predicted octanol–water partition coefficient (Wildman–Crippen LogP) is 1.87. The molecule has 0 spiro atoms. The molecular weight excluding hydrogens is 214 g/mol. The standard InChI is InChI=1S/C6H6BrNOS/c1-8-6(9)4-2-5(7)10-3-4/h2-3H,1H3,(H,8,9). The van der Waals surface area contributed by atoms with E-state index in [1.807, 2.05) is 5.38 Å². The van der Waals surface area contributed by atoms with E-state index in [-0.39, 0.29) is 5.91 Å². The van der Waals surface area contributed by atoms with Crippen LogP contribution in [-0.4, -0.2) is 13.0 Å². The Morgan fingerprint density at radius 2 is 2.50 bits per heavy atom. The lowest BCUT2D eigenvalue weighted by atomic mass is 10.3. The summed E-state index contributed by atoms with van der Waals surface area (Å²) in [6.45, 7) is 0. The van der Waals surface area contributed by atoms with E-state index in [0.29, 0.717) is 5.56 Å². The van der Waals surface area contributed by atoms with Crippen LogP contribution in [0.5, 0.6) is 0 Å². The molecule has 4 heteroatoms. The molecule has 0 aromatic carbocycles. The number of carbonyl (C=O) groups is 1. The lowest BCUT2D eigenvalue weighted by Gasteiger charge is -1.91. The molecule has 0 aliphatic carbocycles. The van der Waals surface area contributed by atoms with E-state index in [9.17, 15) is 4.79 Å². The maximum atomic E-state index is 10.9. The Bertz CT molecular complexity index is 246. The van der Waals surface area contributed by atoms with Crippen molar-refractivity contribution >= 4 is 33.2 Å². The van der Waals surface area contributed by atoms with E-state index >= 15 is 0 Å². The van der Waals surface area contributed by atoms with Crippen molar-refractivity contribution in [1.29, 1.82) is 0 Å². The van der Waals surface area contributed by atoms with Crippen LogP contribution in [0.25, 0.3) is 0 Å². The third-order valence-corrected chi connectivity index (χ3v) is 2.56.